The molecule has 1 aromatic carbocycles. The summed E-state index contributed by atoms with van der Waals surface area (Å²) < 4.78 is 0. The lowest BCUT2D eigenvalue weighted by molar-refractivity contribution is -0.122. The van der Waals surface area contributed by atoms with Crippen LogP contribution in [0.1, 0.15) is 30.9 Å². The van der Waals surface area contributed by atoms with Crippen molar-refractivity contribution in [1.29, 1.82) is 0 Å². The number of hydrogen-bond donors (Lipinski definition) is 3. The molecule has 3 unspecified atom stereocenters. The number of rotatable bonds is 4. The SMILES string of the molecule is NC(C(=O)NCC1CCC(O)C1)c1ccccc1. The topological polar surface area (TPSA) is 75.4 Å². The number of hydrogen-bond acceptors (Lipinski definition) is 3. The molecule has 4 N–H and O–H groups in total. The van der Waals surface area contributed by atoms with Crippen molar-refractivity contribution in [3.63, 3.8) is 0 Å². The summed E-state index contributed by atoms with van der Waals surface area (Å²) in [6.07, 6.45) is 2.39. The van der Waals surface area contributed by atoms with E-state index in [1.807, 2.05) is 30.3 Å². The largest absolute Gasteiger partial charge is 0.393 e. The molecule has 2 rings (SSSR count). The first-order valence-electron chi connectivity index (χ1n) is 6.43. The molecule has 1 saturated carbocycles. The smallest absolute Gasteiger partial charge is 0.241 e. The Labute approximate surface area is 107 Å². The number of carbonyl (C=O) groups excluding carboxylic acids is 1. The zero-order chi connectivity index (χ0) is 13.0. The lowest BCUT2D eigenvalue weighted by Crippen LogP contribution is -2.36. The van der Waals surface area contributed by atoms with Gasteiger partial charge in [0.2, 0.25) is 5.91 Å². The van der Waals surface area contributed by atoms with E-state index >= 15 is 0 Å². The van der Waals surface area contributed by atoms with Gasteiger partial charge >= 0.3 is 0 Å². The second kappa shape index (κ2) is 5.98. The molecule has 1 aliphatic carbocycles. The van der Waals surface area contributed by atoms with Crippen molar-refractivity contribution in [2.75, 3.05) is 6.54 Å². The van der Waals surface area contributed by atoms with E-state index in [4.69, 9.17) is 5.73 Å². The van der Waals surface area contributed by atoms with Crippen LogP contribution in [0.25, 0.3) is 0 Å². The van der Waals surface area contributed by atoms with E-state index in [0.29, 0.717) is 12.5 Å². The maximum absolute atomic E-state index is 11.9. The molecule has 1 fully saturated rings. The molecule has 0 aromatic heterocycles. The third-order valence-corrected chi connectivity index (χ3v) is 3.52. The van der Waals surface area contributed by atoms with Crippen LogP contribution < -0.4 is 11.1 Å². The van der Waals surface area contributed by atoms with Crippen molar-refractivity contribution in [1.82, 2.24) is 5.32 Å². The Kier molecular flexibility index (Phi) is 4.33. The van der Waals surface area contributed by atoms with Crippen LogP contribution in [0.15, 0.2) is 30.3 Å². The predicted molar refractivity (Wildman–Crippen MR) is 69.7 cm³/mol. The molecular formula is C14H20N2O2. The number of aliphatic hydroxyl groups excluding tert-OH is 1. The van der Waals surface area contributed by atoms with Crippen molar-refractivity contribution in [2.24, 2.45) is 11.7 Å². The van der Waals surface area contributed by atoms with Crippen molar-refractivity contribution >= 4 is 5.91 Å². The fourth-order valence-corrected chi connectivity index (χ4v) is 2.40. The van der Waals surface area contributed by atoms with Crippen LogP contribution in [-0.2, 0) is 4.79 Å². The van der Waals surface area contributed by atoms with Gasteiger partial charge in [-0.25, -0.2) is 0 Å². The first-order chi connectivity index (χ1) is 8.66. The van der Waals surface area contributed by atoms with Gasteiger partial charge in [-0.1, -0.05) is 30.3 Å². The van der Waals surface area contributed by atoms with E-state index in [-0.39, 0.29) is 12.0 Å². The fraction of sp³-hybridized carbons (Fsp3) is 0.500. The lowest BCUT2D eigenvalue weighted by atomic mass is 10.1. The van der Waals surface area contributed by atoms with Crippen LogP contribution in [0.3, 0.4) is 0 Å². The van der Waals surface area contributed by atoms with E-state index in [9.17, 15) is 9.90 Å². The van der Waals surface area contributed by atoms with Gasteiger partial charge in [-0.15, -0.1) is 0 Å². The van der Waals surface area contributed by atoms with Crippen molar-refractivity contribution in [3.8, 4) is 0 Å². The van der Waals surface area contributed by atoms with Crippen molar-refractivity contribution < 1.29 is 9.90 Å². The Hall–Kier alpha value is -1.39. The predicted octanol–water partition coefficient (Wildman–Crippen LogP) is 0.964. The van der Waals surface area contributed by atoms with Crippen LogP contribution in [0.5, 0.6) is 0 Å². The summed E-state index contributed by atoms with van der Waals surface area (Å²) in [5.41, 5.74) is 6.71. The highest BCUT2D eigenvalue weighted by Crippen LogP contribution is 2.24. The normalized spacial score (nSPS) is 24.8. The number of carbonyl (C=O) groups is 1. The zero-order valence-electron chi connectivity index (χ0n) is 10.4. The third-order valence-electron chi connectivity index (χ3n) is 3.52. The van der Waals surface area contributed by atoms with E-state index in [1.165, 1.54) is 0 Å². The maximum atomic E-state index is 11.9. The number of aliphatic hydroxyl groups is 1. The molecule has 1 aromatic rings. The summed E-state index contributed by atoms with van der Waals surface area (Å²) in [6, 6.07) is 8.73. The van der Waals surface area contributed by atoms with Gasteiger partial charge in [-0.05, 0) is 30.7 Å². The number of benzene rings is 1. The van der Waals surface area contributed by atoms with Crippen LogP contribution >= 0.6 is 0 Å². The molecule has 0 radical (unpaired) electrons. The minimum atomic E-state index is -0.613. The second-order valence-corrected chi connectivity index (χ2v) is 4.97. The summed E-state index contributed by atoms with van der Waals surface area (Å²) >= 11 is 0. The molecule has 4 heteroatoms. The highest BCUT2D eigenvalue weighted by molar-refractivity contribution is 5.82. The average molecular weight is 248 g/mol. The molecule has 3 atom stereocenters. The quantitative estimate of drug-likeness (QED) is 0.743. The third kappa shape index (κ3) is 3.31. The Morgan fingerprint density at radius 2 is 2.11 bits per heavy atom. The number of nitrogens with one attached hydrogen (secondary N) is 1. The summed E-state index contributed by atoms with van der Waals surface area (Å²) in [5.74, 6) is 0.231. The Morgan fingerprint density at radius 3 is 2.72 bits per heavy atom. The number of nitrogens with two attached hydrogens (primary N) is 1. The summed E-state index contributed by atoms with van der Waals surface area (Å²) in [4.78, 5) is 11.9. The molecular weight excluding hydrogens is 228 g/mol. The molecule has 0 aliphatic heterocycles. The Balaban J connectivity index is 1.81. The standard InChI is InChI=1S/C14H20N2O2/c15-13(11-4-2-1-3-5-11)14(18)16-9-10-6-7-12(17)8-10/h1-5,10,12-13,17H,6-9,15H2,(H,16,18). The van der Waals surface area contributed by atoms with Crippen LogP contribution in [0.4, 0.5) is 0 Å². The highest BCUT2D eigenvalue weighted by Gasteiger charge is 2.24. The molecule has 0 saturated heterocycles. The number of amides is 1. The first-order valence-corrected chi connectivity index (χ1v) is 6.43. The molecule has 1 amide bonds. The molecule has 98 valence electrons. The van der Waals surface area contributed by atoms with E-state index in [2.05, 4.69) is 5.32 Å². The van der Waals surface area contributed by atoms with Crippen LogP contribution in [0, 0.1) is 5.92 Å². The fourth-order valence-electron chi connectivity index (χ4n) is 2.40. The summed E-state index contributed by atoms with van der Waals surface area (Å²) in [5, 5.41) is 12.3. The van der Waals surface area contributed by atoms with Gasteiger partial charge in [0.15, 0.2) is 0 Å². The lowest BCUT2D eigenvalue weighted by Gasteiger charge is -2.15. The summed E-state index contributed by atoms with van der Waals surface area (Å²) in [6.45, 7) is 0.608. The monoisotopic (exact) mass is 248 g/mol. The maximum Gasteiger partial charge on any atom is 0.241 e. The molecule has 0 spiro atoms. The molecule has 18 heavy (non-hydrogen) atoms. The van der Waals surface area contributed by atoms with Gasteiger partial charge < -0.3 is 16.2 Å². The molecule has 0 heterocycles. The van der Waals surface area contributed by atoms with Gasteiger partial charge in [0.1, 0.15) is 6.04 Å². The van der Waals surface area contributed by atoms with Gasteiger partial charge in [0.05, 0.1) is 6.10 Å². The second-order valence-electron chi connectivity index (χ2n) is 4.97. The van der Waals surface area contributed by atoms with Crippen LogP contribution in [0.2, 0.25) is 0 Å². The van der Waals surface area contributed by atoms with E-state index in [0.717, 1.165) is 24.8 Å². The Morgan fingerprint density at radius 1 is 1.39 bits per heavy atom. The highest BCUT2D eigenvalue weighted by atomic mass is 16.3. The van der Waals surface area contributed by atoms with Crippen LogP contribution in [-0.4, -0.2) is 23.7 Å². The van der Waals surface area contributed by atoms with Gasteiger partial charge in [-0.2, -0.15) is 0 Å². The van der Waals surface area contributed by atoms with Gasteiger partial charge in [-0.3, -0.25) is 4.79 Å². The first kappa shape index (κ1) is 13.1. The van der Waals surface area contributed by atoms with Gasteiger partial charge in [0, 0.05) is 6.54 Å². The zero-order valence-corrected chi connectivity index (χ0v) is 10.4. The molecule has 0 bridgehead atoms. The van der Waals surface area contributed by atoms with Gasteiger partial charge in [0.25, 0.3) is 0 Å². The van der Waals surface area contributed by atoms with E-state index in [1.54, 1.807) is 0 Å². The van der Waals surface area contributed by atoms with Crippen molar-refractivity contribution in [3.05, 3.63) is 35.9 Å². The average Bonchev–Trinajstić information content (AvgIpc) is 2.82. The van der Waals surface area contributed by atoms with E-state index < -0.39 is 6.04 Å². The molecule has 1 aliphatic rings. The minimum absolute atomic E-state index is 0.150. The summed E-state index contributed by atoms with van der Waals surface area (Å²) in [7, 11) is 0. The Bertz CT molecular complexity index is 394. The van der Waals surface area contributed by atoms with Crippen molar-refractivity contribution in [2.45, 2.75) is 31.4 Å². The molecule has 4 nitrogen and oxygen atoms in total. The minimum Gasteiger partial charge on any atom is -0.393 e.